The Bertz CT molecular complexity index is 620. The van der Waals surface area contributed by atoms with Crippen LogP contribution in [0.3, 0.4) is 0 Å². The Morgan fingerprint density at radius 1 is 1.28 bits per heavy atom. The van der Waals surface area contributed by atoms with Crippen molar-refractivity contribution in [3.8, 4) is 5.75 Å². The first-order chi connectivity index (χ1) is 12.0. The van der Waals surface area contributed by atoms with Crippen LogP contribution in [0.4, 0.5) is 4.79 Å². The van der Waals surface area contributed by atoms with Crippen molar-refractivity contribution in [2.24, 2.45) is 0 Å². The third-order valence-electron chi connectivity index (χ3n) is 3.79. The molecule has 0 saturated carbocycles. The van der Waals surface area contributed by atoms with E-state index in [1.807, 2.05) is 24.3 Å². The largest absolute Gasteiger partial charge is 0.497 e. The van der Waals surface area contributed by atoms with Crippen molar-refractivity contribution in [3.05, 3.63) is 29.8 Å². The molecule has 0 bridgehead atoms. The van der Waals surface area contributed by atoms with Crippen LogP contribution in [0.5, 0.6) is 5.75 Å². The highest BCUT2D eigenvalue weighted by Crippen LogP contribution is 2.17. The summed E-state index contributed by atoms with van der Waals surface area (Å²) in [5.74, 6) is 0.747. The van der Waals surface area contributed by atoms with Gasteiger partial charge in [0.2, 0.25) is 0 Å². The fourth-order valence-electron chi connectivity index (χ4n) is 2.27. The molecule has 0 spiro atoms. The summed E-state index contributed by atoms with van der Waals surface area (Å²) in [6.45, 7) is 1.11. The number of carbonyl (C=O) groups is 3. The number of hydrogen-bond donors (Lipinski definition) is 0. The smallest absolute Gasteiger partial charge is 0.308 e. The molecule has 2 amide bonds. The van der Waals surface area contributed by atoms with Crippen LogP contribution >= 0.6 is 11.8 Å². The summed E-state index contributed by atoms with van der Waals surface area (Å²) in [4.78, 5) is 38.3. The maximum absolute atomic E-state index is 12.0. The molecule has 0 N–H and O–H groups in total. The normalized spacial score (nSPS) is 13.7. The van der Waals surface area contributed by atoms with Gasteiger partial charge in [-0.15, -0.1) is 0 Å². The SMILES string of the molecule is COc1ccc(CN(C)C(=O)COC(=O)CCN2CCSC2=O)cc1. The molecule has 2 rings (SSSR count). The first-order valence-corrected chi connectivity index (χ1v) is 8.92. The number of rotatable bonds is 8. The topological polar surface area (TPSA) is 76.2 Å². The minimum atomic E-state index is -0.476. The Hall–Kier alpha value is -2.22. The maximum atomic E-state index is 12.0. The zero-order chi connectivity index (χ0) is 18.2. The van der Waals surface area contributed by atoms with E-state index in [0.29, 0.717) is 19.6 Å². The van der Waals surface area contributed by atoms with E-state index in [1.54, 1.807) is 19.1 Å². The third kappa shape index (κ3) is 5.97. The van der Waals surface area contributed by atoms with Crippen LogP contribution in [0.15, 0.2) is 24.3 Å². The number of thioether (sulfide) groups is 1. The summed E-state index contributed by atoms with van der Waals surface area (Å²) in [6.07, 6.45) is 0.0990. The standard InChI is InChI=1S/C17H22N2O5S/c1-18(11-13-3-5-14(23-2)6-4-13)15(20)12-24-16(21)7-8-19-9-10-25-17(19)22/h3-6H,7-12H2,1-2H3. The molecule has 0 atom stereocenters. The lowest BCUT2D eigenvalue weighted by atomic mass is 10.2. The van der Waals surface area contributed by atoms with E-state index in [4.69, 9.17) is 9.47 Å². The number of ether oxygens (including phenoxy) is 2. The highest BCUT2D eigenvalue weighted by atomic mass is 32.2. The van der Waals surface area contributed by atoms with E-state index in [2.05, 4.69) is 0 Å². The lowest BCUT2D eigenvalue weighted by Gasteiger charge is -2.18. The van der Waals surface area contributed by atoms with Crippen molar-refractivity contribution >= 4 is 28.9 Å². The second-order valence-corrected chi connectivity index (χ2v) is 6.66. The first-order valence-electron chi connectivity index (χ1n) is 7.94. The molecule has 1 aromatic rings. The van der Waals surface area contributed by atoms with Crippen LogP contribution in [0.2, 0.25) is 0 Å². The summed E-state index contributed by atoms with van der Waals surface area (Å²) >= 11 is 1.25. The number of methoxy groups -OCH3 is 1. The minimum Gasteiger partial charge on any atom is -0.497 e. The number of likely N-dealkylation sites (N-methyl/N-ethyl adjacent to an activating group) is 1. The number of carbonyl (C=O) groups excluding carboxylic acids is 3. The van der Waals surface area contributed by atoms with Gasteiger partial charge in [-0.25, -0.2) is 0 Å². The highest BCUT2D eigenvalue weighted by molar-refractivity contribution is 8.13. The molecule has 1 fully saturated rings. The lowest BCUT2D eigenvalue weighted by Crippen LogP contribution is -2.31. The molecular weight excluding hydrogens is 344 g/mol. The molecule has 8 heteroatoms. The Kier molecular flexibility index (Phi) is 7.12. The van der Waals surface area contributed by atoms with Crippen LogP contribution < -0.4 is 4.74 Å². The van der Waals surface area contributed by atoms with Crippen molar-refractivity contribution < 1.29 is 23.9 Å². The molecule has 1 aliphatic rings. The van der Waals surface area contributed by atoms with Crippen molar-refractivity contribution in [1.82, 2.24) is 9.80 Å². The molecule has 1 saturated heterocycles. The van der Waals surface area contributed by atoms with Gasteiger partial charge >= 0.3 is 5.97 Å². The summed E-state index contributed by atoms with van der Waals surface area (Å²) in [6, 6.07) is 7.40. The summed E-state index contributed by atoms with van der Waals surface area (Å²) < 4.78 is 10.1. The van der Waals surface area contributed by atoms with Crippen LogP contribution in [-0.4, -0.2) is 66.5 Å². The number of hydrogen-bond acceptors (Lipinski definition) is 6. The third-order valence-corrected chi connectivity index (χ3v) is 4.68. The van der Waals surface area contributed by atoms with Crippen LogP contribution in [0.25, 0.3) is 0 Å². The van der Waals surface area contributed by atoms with Crippen LogP contribution in [0.1, 0.15) is 12.0 Å². The molecule has 0 radical (unpaired) electrons. The first kappa shape index (κ1) is 19.1. The molecule has 0 unspecified atom stereocenters. The second kappa shape index (κ2) is 9.31. The van der Waals surface area contributed by atoms with Gasteiger partial charge in [0.15, 0.2) is 6.61 Å². The second-order valence-electron chi connectivity index (χ2n) is 5.61. The van der Waals surface area contributed by atoms with Gasteiger partial charge < -0.3 is 19.3 Å². The summed E-state index contributed by atoms with van der Waals surface area (Å²) in [7, 11) is 3.25. The quantitative estimate of drug-likeness (QED) is 0.653. The van der Waals surface area contributed by atoms with Crippen molar-refractivity contribution in [3.63, 3.8) is 0 Å². The Morgan fingerprint density at radius 3 is 2.60 bits per heavy atom. The molecule has 1 aromatic carbocycles. The summed E-state index contributed by atoms with van der Waals surface area (Å²) in [5.41, 5.74) is 0.952. The zero-order valence-electron chi connectivity index (χ0n) is 14.4. The molecule has 25 heavy (non-hydrogen) atoms. The van der Waals surface area contributed by atoms with Crippen molar-refractivity contribution in [1.29, 1.82) is 0 Å². The van der Waals surface area contributed by atoms with E-state index < -0.39 is 5.97 Å². The van der Waals surface area contributed by atoms with Gasteiger partial charge in [-0.3, -0.25) is 14.4 Å². The Labute approximate surface area is 151 Å². The van der Waals surface area contributed by atoms with Crippen LogP contribution in [0, 0.1) is 0 Å². The van der Waals surface area contributed by atoms with Gasteiger partial charge in [0, 0.05) is 32.4 Å². The van der Waals surface area contributed by atoms with E-state index >= 15 is 0 Å². The average molecular weight is 366 g/mol. The van der Waals surface area contributed by atoms with E-state index in [-0.39, 0.29) is 24.2 Å². The predicted molar refractivity (Wildman–Crippen MR) is 94.5 cm³/mol. The van der Waals surface area contributed by atoms with Gasteiger partial charge in [-0.05, 0) is 17.7 Å². The molecule has 1 aliphatic heterocycles. The van der Waals surface area contributed by atoms with Crippen molar-refractivity contribution in [2.75, 3.05) is 39.6 Å². The fraction of sp³-hybridized carbons (Fsp3) is 0.471. The van der Waals surface area contributed by atoms with E-state index in [0.717, 1.165) is 17.1 Å². The maximum Gasteiger partial charge on any atom is 0.308 e. The number of benzene rings is 1. The fourth-order valence-corrected chi connectivity index (χ4v) is 3.12. The molecular formula is C17H22N2O5S. The predicted octanol–water partition coefficient (Wildman–Crippen LogP) is 1.76. The van der Waals surface area contributed by atoms with Gasteiger partial charge in [0.1, 0.15) is 5.75 Å². The minimum absolute atomic E-state index is 0.0110. The van der Waals surface area contributed by atoms with E-state index in [1.165, 1.54) is 16.7 Å². The Balaban J connectivity index is 1.69. The van der Waals surface area contributed by atoms with Gasteiger partial charge in [0.05, 0.1) is 13.5 Å². The van der Waals surface area contributed by atoms with Crippen LogP contribution in [-0.2, 0) is 20.9 Å². The molecule has 136 valence electrons. The monoisotopic (exact) mass is 366 g/mol. The van der Waals surface area contributed by atoms with Gasteiger partial charge in [0.25, 0.3) is 11.1 Å². The highest BCUT2D eigenvalue weighted by Gasteiger charge is 2.22. The average Bonchev–Trinajstić information content (AvgIpc) is 3.03. The molecule has 0 aromatic heterocycles. The van der Waals surface area contributed by atoms with Gasteiger partial charge in [-0.2, -0.15) is 0 Å². The number of esters is 1. The molecule has 7 nitrogen and oxygen atoms in total. The molecule has 1 heterocycles. The summed E-state index contributed by atoms with van der Waals surface area (Å²) in [5, 5.41) is -0.0110. The lowest BCUT2D eigenvalue weighted by molar-refractivity contribution is -0.151. The van der Waals surface area contributed by atoms with Crippen molar-refractivity contribution in [2.45, 2.75) is 13.0 Å². The van der Waals surface area contributed by atoms with E-state index in [9.17, 15) is 14.4 Å². The van der Waals surface area contributed by atoms with Gasteiger partial charge in [-0.1, -0.05) is 23.9 Å². The zero-order valence-corrected chi connectivity index (χ0v) is 15.2. The Morgan fingerprint density at radius 2 is 2.00 bits per heavy atom. The molecule has 0 aliphatic carbocycles. The number of amides is 2. The number of nitrogens with zero attached hydrogens (tertiary/aromatic N) is 2.